The number of anilines is 3. The Kier molecular flexibility index (Phi) is 7.32. The van der Waals surface area contributed by atoms with Gasteiger partial charge in [0.05, 0.1) is 13.9 Å². The molecule has 0 atom stereocenters. The van der Waals surface area contributed by atoms with Crippen molar-refractivity contribution in [3.63, 3.8) is 0 Å². The smallest absolute Gasteiger partial charge is 0.162 e. The SMILES string of the molecule is CC1(C)c2ccccc2-c2ccc(N(c3ccc(/C=c4\cc5sc6c/c(=C(/C#N)C=O)sc6c5s4)cc3)c3ccc4c(c3)C(C)(C)c3ccccc3-4)cc21. The molecule has 0 N–H and O–H groups in total. The van der Waals surface area contributed by atoms with Crippen molar-refractivity contribution in [2.45, 2.75) is 38.5 Å². The van der Waals surface area contributed by atoms with Gasteiger partial charge >= 0.3 is 0 Å². The first-order chi connectivity index (χ1) is 26.1. The maximum absolute atomic E-state index is 11.4. The Morgan fingerprint density at radius 1 is 0.593 bits per heavy atom. The minimum atomic E-state index is -0.108. The molecule has 0 saturated heterocycles. The Morgan fingerprint density at radius 2 is 1.11 bits per heavy atom. The highest BCUT2D eigenvalue weighted by atomic mass is 32.1. The van der Waals surface area contributed by atoms with Gasteiger partial charge in [0.2, 0.25) is 0 Å². The minimum Gasteiger partial charge on any atom is -0.310 e. The molecule has 0 saturated carbocycles. The summed E-state index contributed by atoms with van der Waals surface area (Å²) in [5.74, 6) is 0. The second-order valence-corrected chi connectivity index (χ2v) is 18.5. The van der Waals surface area contributed by atoms with Crippen LogP contribution in [0.2, 0.25) is 0 Å². The lowest BCUT2D eigenvalue weighted by Crippen LogP contribution is -2.18. The molecule has 3 heterocycles. The lowest BCUT2D eigenvalue weighted by atomic mass is 9.82. The van der Waals surface area contributed by atoms with Crippen molar-refractivity contribution in [2.24, 2.45) is 0 Å². The highest BCUT2D eigenvalue weighted by molar-refractivity contribution is 7.37. The van der Waals surface area contributed by atoms with Gasteiger partial charge in [-0.15, -0.1) is 34.0 Å². The molecular weight excluding hydrogens is 717 g/mol. The monoisotopic (exact) mass is 750 g/mol. The standard InChI is InChI=1S/C48H34N2OS3/c1-47(2)38-11-7-5-9-34(38)36-19-17-31(22-40(36)47)50(32-18-20-37-35-10-6-8-12-39(35)48(3,4)41(37)23-32)30-15-13-28(14-16-30)21-33-24-43-45(52-33)46-44(53-43)25-42(54-46)29(26-49)27-51/h5-25,27H,1-4H3/b33-21+,42-29+. The Hall–Kier alpha value is -5.58. The number of nitrogens with zero attached hydrogens (tertiary/aromatic N) is 2. The minimum absolute atomic E-state index is 0.108. The average Bonchev–Trinajstić information content (AvgIpc) is 3.95. The zero-order valence-electron chi connectivity index (χ0n) is 30.2. The molecular formula is C48H34N2OS3. The first-order valence-electron chi connectivity index (χ1n) is 18.1. The number of carbonyl (C=O) groups is 1. The molecule has 0 spiro atoms. The van der Waals surface area contributed by atoms with E-state index in [0.29, 0.717) is 6.29 Å². The van der Waals surface area contributed by atoms with E-state index < -0.39 is 0 Å². The van der Waals surface area contributed by atoms with Gasteiger partial charge in [0.15, 0.2) is 6.29 Å². The van der Waals surface area contributed by atoms with Gasteiger partial charge in [0.25, 0.3) is 0 Å². The Labute approximate surface area is 326 Å². The summed E-state index contributed by atoms with van der Waals surface area (Å²) in [5, 5.41) is 9.38. The topological polar surface area (TPSA) is 44.1 Å². The molecule has 10 rings (SSSR count). The van der Waals surface area contributed by atoms with E-state index in [4.69, 9.17) is 0 Å². The third-order valence-corrected chi connectivity index (χ3v) is 15.2. The number of carbonyl (C=O) groups excluding carboxylic acids is 1. The summed E-state index contributed by atoms with van der Waals surface area (Å²) in [6, 6.07) is 46.8. The zero-order chi connectivity index (χ0) is 36.9. The maximum atomic E-state index is 11.4. The van der Waals surface area contributed by atoms with Crippen LogP contribution in [-0.4, -0.2) is 6.29 Å². The fourth-order valence-corrected chi connectivity index (χ4v) is 12.6. The van der Waals surface area contributed by atoms with Crippen LogP contribution in [0.4, 0.5) is 17.1 Å². The van der Waals surface area contributed by atoms with E-state index in [2.05, 4.69) is 154 Å². The summed E-state index contributed by atoms with van der Waals surface area (Å²) in [4.78, 5) is 13.8. The summed E-state index contributed by atoms with van der Waals surface area (Å²) in [5.41, 5.74) is 15.2. The predicted molar refractivity (Wildman–Crippen MR) is 229 cm³/mol. The van der Waals surface area contributed by atoms with Crippen molar-refractivity contribution in [3.8, 4) is 28.3 Å². The van der Waals surface area contributed by atoms with E-state index in [9.17, 15) is 10.1 Å². The summed E-state index contributed by atoms with van der Waals surface area (Å²) in [6.07, 6.45) is 2.90. The molecule has 2 aliphatic rings. The van der Waals surface area contributed by atoms with Gasteiger partial charge in [-0.2, -0.15) is 5.26 Å². The third-order valence-electron chi connectivity index (χ3n) is 11.5. The molecule has 3 aromatic heterocycles. The normalized spacial score (nSPS) is 15.4. The number of hydrogen-bond donors (Lipinski definition) is 0. The van der Waals surface area contributed by atoms with Crippen molar-refractivity contribution in [2.75, 3.05) is 4.90 Å². The molecule has 5 aromatic carbocycles. The number of nitriles is 1. The van der Waals surface area contributed by atoms with Crippen molar-refractivity contribution < 1.29 is 4.79 Å². The van der Waals surface area contributed by atoms with Crippen molar-refractivity contribution in [1.29, 1.82) is 5.26 Å². The Morgan fingerprint density at radius 3 is 1.69 bits per heavy atom. The quantitative estimate of drug-likeness (QED) is 0.165. The van der Waals surface area contributed by atoms with Gasteiger partial charge in [0, 0.05) is 41.8 Å². The summed E-state index contributed by atoms with van der Waals surface area (Å²) >= 11 is 5.01. The van der Waals surface area contributed by atoms with Crippen molar-refractivity contribution in [1.82, 2.24) is 0 Å². The van der Waals surface area contributed by atoms with Gasteiger partial charge in [0.1, 0.15) is 11.6 Å². The molecule has 0 fully saturated rings. The lowest BCUT2D eigenvalue weighted by Gasteiger charge is -2.29. The van der Waals surface area contributed by atoms with Crippen LogP contribution in [-0.2, 0) is 15.6 Å². The molecule has 0 radical (unpaired) electrons. The summed E-state index contributed by atoms with van der Waals surface area (Å²) < 4.78 is 6.64. The first-order valence-corrected chi connectivity index (χ1v) is 20.5. The van der Waals surface area contributed by atoms with E-state index in [1.165, 1.54) is 69.8 Å². The van der Waals surface area contributed by atoms with E-state index in [0.717, 1.165) is 36.6 Å². The molecule has 54 heavy (non-hydrogen) atoms. The van der Waals surface area contributed by atoms with Crippen molar-refractivity contribution in [3.05, 3.63) is 158 Å². The lowest BCUT2D eigenvalue weighted by molar-refractivity contribution is -0.103. The molecule has 8 aromatic rings. The van der Waals surface area contributed by atoms with E-state index in [-0.39, 0.29) is 16.4 Å². The van der Waals surface area contributed by atoms with Gasteiger partial charge in [-0.1, -0.05) is 100 Å². The number of benzene rings is 5. The molecule has 0 unspecified atom stereocenters. The van der Waals surface area contributed by atoms with Crippen LogP contribution in [0.1, 0.15) is 55.5 Å². The van der Waals surface area contributed by atoms with Crippen LogP contribution in [0.5, 0.6) is 0 Å². The molecule has 0 aliphatic heterocycles. The average molecular weight is 751 g/mol. The fourth-order valence-electron chi connectivity index (χ4n) is 8.69. The highest BCUT2D eigenvalue weighted by Crippen LogP contribution is 2.53. The molecule has 0 bridgehead atoms. The van der Waals surface area contributed by atoms with Gasteiger partial charge < -0.3 is 4.90 Å². The van der Waals surface area contributed by atoms with E-state index in [1.807, 2.05) is 12.1 Å². The number of thiophene rings is 3. The molecule has 2 aliphatic carbocycles. The fraction of sp³-hybridized carbons (Fsp3) is 0.125. The largest absolute Gasteiger partial charge is 0.310 e. The second kappa shape index (κ2) is 12.0. The van der Waals surface area contributed by atoms with Crippen LogP contribution in [0.3, 0.4) is 0 Å². The number of hydrogen-bond acceptors (Lipinski definition) is 6. The van der Waals surface area contributed by atoms with E-state index >= 15 is 0 Å². The molecule has 0 amide bonds. The zero-order valence-corrected chi connectivity index (χ0v) is 32.7. The second-order valence-electron chi connectivity index (χ2n) is 15.3. The molecule has 6 heteroatoms. The van der Waals surface area contributed by atoms with Crippen LogP contribution in [0, 0.1) is 11.3 Å². The summed E-state index contributed by atoms with van der Waals surface area (Å²) in [7, 11) is 0. The van der Waals surface area contributed by atoms with Crippen LogP contribution < -0.4 is 14.0 Å². The number of rotatable bonds is 5. The molecule has 260 valence electrons. The Balaban J connectivity index is 1.08. The Bertz CT molecular complexity index is 2930. The van der Waals surface area contributed by atoms with Gasteiger partial charge in [-0.25, -0.2) is 0 Å². The van der Waals surface area contributed by atoms with E-state index in [1.54, 1.807) is 22.7 Å². The molecule has 3 nitrogen and oxygen atoms in total. The third kappa shape index (κ3) is 4.86. The number of aldehydes is 1. The predicted octanol–water partition coefficient (Wildman–Crippen LogP) is 12.0. The van der Waals surface area contributed by atoms with Gasteiger partial charge in [-0.05, 0) is 105 Å². The van der Waals surface area contributed by atoms with Crippen molar-refractivity contribution >= 4 is 87.8 Å². The maximum Gasteiger partial charge on any atom is 0.162 e. The number of fused-ring (bicyclic) bond motifs is 9. The van der Waals surface area contributed by atoms with Crippen LogP contribution in [0.15, 0.2) is 121 Å². The summed E-state index contributed by atoms with van der Waals surface area (Å²) in [6.45, 7) is 9.37. The van der Waals surface area contributed by atoms with Gasteiger partial charge in [-0.3, -0.25) is 4.79 Å². The van der Waals surface area contributed by atoms with Crippen LogP contribution in [0.25, 0.3) is 52.7 Å². The first kappa shape index (κ1) is 33.0. The highest BCUT2D eigenvalue weighted by Gasteiger charge is 2.37. The van der Waals surface area contributed by atoms with Crippen LogP contribution >= 0.6 is 34.0 Å².